The van der Waals surface area contributed by atoms with E-state index in [1.165, 1.54) is 22.4 Å². The molecule has 0 spiro atoms. The Morgan fingerprint density at radius 1 is 1.18 bits per heavy atom. The molecule has 1 aliphatic rings. The number of carbonyl (C=O) groups is 1. The van der Waals surface area contributed by atoms with Crippen molar-refractivity contribution in [3.63, 3.8) is 0 Å². The largest absolute Gasteiger partial charge is 0.478 e. The third-order valence-corrected chi connectivity index (χ3v) is 5.57. The average Bonchev–Trinajstić information content (AvgIpc) is 2.67. The van der Waals surface area contributed by atoms with Crippen molar-refractivity contribution in [3.05, 3.63) is 82.4 Å². The molecule has 3 rings (SSSR count). The number of rotatable bonds is 6. The summed E-state index contributed by atoms with van der Waals surface area (Å²) in [6.45, 7) is 14.1. The molecule has 0 atom stereocenters. The summed E-state index contributed by atoms with van der Waals surface area (Å²) in [5, 5.41) is 12.7. The van der Waals surface area contributed by atoms with E-state index in [-0.39, 0.29) is 11.0 Å². The van der Waals surface area contributed by atoms with Crippen LogP contribution in [-0.4, -0.2) is 17.6 Å². The number of aryl methyl sites for hydroxylation is 1. The summed E-state index contributed by atoms with van der Waals surface area (Å²) in [6.07, 6.45) is 4.40. The Kier molecular flexibility index (Phi) is 5.46. The third-order valence-electron chi connectivity index (χ3n) is 5.57. The van der Waals surface area contributed by atoms with Crippen LogP contribution in [0.4, 0.5) is 0 Å². The first kappa shape index (κ1) is 19.9. The highest BCUT2D eigenvalue weighted by atomic mass is 16.4. The standard InChI is InChI=1S/C25H29NO2/c1-6-13-26-23-11-12-25(4,5)22-14-16(2)20(15-21(22)23)17(3)18-7-9-19(10-8-18)24(27)28/h7-11,14-15,26H,3,6,12-13H2,1-2,4-5H3,(H,27,28). The molecular weight excluding hydrogens is 346 g/mol. The number of benzene rings is 2. The second-order valence-corrected chi connectivity index (χ2v) is 8.21. The molecule has 146 valence electrons. The molecule has 0 unspecified atom stereocenters. The van der Waals surface area contributed by atoms with Gasteiger partial charge in [-0.05, 0) is 71.2 Å². The van der Waals surface area contributed by atoms with Crippen molar-refractivity contribution in [2.45, 2.75) is 46.0 Å². The zero-order valence-corrected chi connectivity index (χ0v) is 17.2. The number of hydrogen-bond donors (Lipinski definition) is 2. The Bertz CT molecular complexity index is 949. The van der Waals surface area contributed by atoms with Crippen LogP contribution < -0.4 is 5.32 Å². The number of aromatic carboxylic acids is 1. The van der Waals surface area contributed by atoms with Crippen molar-refractivity contribution in [3.8, 4) is 0 Å². The van der Waals surface area contributed by atoms with Gasteiger partial charge in [0.25, 0.3) is 0 Å². The van der Waals surface area contributed by atoms with Crippen LogP contribution in [0.25, 0.3) is 11.3 Å². The first-order chi connectivity index (χ1) is 13.2. The quantitative estimate of drug-likeness (QED) is 0.673. The highest BCUT2D eigenvalue weighted by molar-refractivity contribution is 5.89. The molecule has 0 aliphatic heterocycles. The van der Waals surface area contributed by atoms with Crippen LogP contribution in [0.5, 0.6) is 0 Å². The molecule has 0 saturated carbocycles. The third kappa shape index (κ3) is 3.75. The molecule has 3 nitrogen and oxygen atoms in total. The van der Waals surface area contributed by atoms with Gasteiger partial charge >= 0.3 is 5.97 Å². The lowest BCUT2D eigenvalue weighted by atomic mass is 9.73. The molecule has 3 heteroatoms. The number of hydrogen-bond acceptors (Lipinski definition) is 2. The lowest BCUT2D eigenvalue weighted by Gasteiger charge is -2.33. The van der Waals surface area contributed by atoms with Gasteiger partial charge in [0, 0.05) is 17.8 Å². The molecule has 28 heavy (non-hydrogen) atoms. The Morgan fingerprint density at radius 3 is 2.43 bits per heavy atom. The van der Waals surface area contributed by atoms with Crippen LogP contribution in [0.3, 0.4) is 0 Å². The fourth-order valence-corrected chi connectivity index (χ4v) is 3.79. The minimum absolute atomic E-state index is 0.0977. The second kappa shape index (κ2) is 7.67. The van der Waals surface area contributed by atoms with Crippen LogP contribution in [0.1, 0.15) is 71.8 Å². The lowest BCUT2D eigenvalue weighted by Crippen LogP contribution is -2.26. The molecule has 2 aromatic carbocycles. The van der Waals surface area contributed by atoms with Gasteiger partial charge in [-0.3, -0.25) is 0 Å². The predicted octanol–water partition coefficient (Wildman–Crippen LogP) is 5.78. The molecule has 0 amide bonds. The topological polar surface area (TPSA) is 49.3 Å². The fourth-order valence-electron chi connectivity index (χ4n) is 3.79. The van der Waals surface area contributed by atoms with E-state index in [2.05, 4.69) is 57.8 Å². The van der Waals surface area contributed by atoms with Crippen molar-refractivity contribution in [2.24, 2.45) is 0 Å². The molecule has 0 aromatic heterocycles. The summed E-state index contributed by atoms with van der Waals surface area (Å²) < 4.78 is 0. The maximum absolute atomic E-state index is 11.1. The Hall–Kier alpha value is -2.81. The van der Waals surface area contributed by atoms with Crippen LogP contribution in [0.2, 0.25) is 0 Å². The van der Waals surface area contributed by atoms with E-state index >= 15 is 0 Å². The van der Waals surface area contributed by atoms with E-state index < -0.39 is 5.97 Å². The molecule has 0 bridgehead atoms. The summed E-state index contributed by atoms with van der Waals surface area (Å²) in [4.78, 5) is 11.1. The highest BCUT2D eigenvalue weighted by Crippen LogP contribution is 2.40. The van der Waals surface area contributed by atoms with Gasteiger partial charge in [-0.15, -0.1) is 0 Å². The van der Waals surface area contributed by atoms with Crippen LogP contribution in [-0.2, 0) is 5.41 Å². The van der Waals surface area contributed by atoms with Gasteiger partial charge in [-0.25, -0.2) is 4.79 Å². The van der Waals surface area contributed by atoms with E-state index in [4.69, 9.17) is 5.11 Å². The minimum Gasteiger partial charge on any atom is -0.478 e. The van der Waals surface area contributed by atoms with E-state index in [9.17, 15) is 4.79 Å². The summed E-state index contributed by atoms with van der Waals surface area (Å²) in [5.41, 5.74) is 8.34. The van der Waals surface area contributed by atoms with Crippen LogP contribution in [0, 0.1) is 6.92 Å². The molecular formula is C25H29NO2. The molecule has 0 heterocycles. The SMILES string of the molecule is C=C(c1ccc(C(=O)O)cc1)c1cc2c(cc1C)C(C)(C)CC=C2NCCC. The molecule has 0 fully saturated rings. The number of carboxylic acid groups (broad SMARTS) is 1. The van der Waals surface area contributed by atoms with Crippen molar-refractivity contribution >= 4 is 17.2 Å². The second-order valence-electron chi connectivity index (χ2n) is 8.21. The van der Waals surface area contributed by atoms with E-state index in [1.54, 1.807) is 12.1 Å². The lowest BCUT2D eigenvalue weighted by molar-refractivity contribution is 0.0697. The van der Waals surface area contributed by atoms with Gasteiger partial charge in [-0.1, -0.05) is 51.6 Å². The predicted molar refractivity (Wildman–Crippen MR) is 117 cm³/mol. The normalized spacial score (nSPS) is 14.8. The van der Waals surface area contributed by atoms with Crippen molar-refractivity contribution in [1.29, 1.82) is 0 Å². The monoisotopic (exact) mass is 375 g/mol. The fraction of sp³-hybridized carbons (Fsp3) is 0.320. The Labute approximate surface area is 167 Å². The summed E-state index contributed by atoms with van der Waals surface area (Å²) in [6, 6.07) is 11.5. The number of fused-ring (bicyclic) bond motifs is 1. The maximum Gasteiger partial charge on any atom is 0.335 e. The number of allylic oxidation sites excluding steroid dienone is 1. The van der Waals surface area contributed by atoms with E-state index in [1.807, 2.05) is 12.1 Å². The summed E-state index contributed by atoms with van der Waals surface area (Å²) in [7, 11) is 0. The van der Waals surface area contributed by atoms with E-state index in [0.717, 1.165) is 36.1 Å². The zero-order chi connectivity index (χ0) is 20.5. The first-order valence-electron chi connectivity index (χ1n) is 9.87. The average molecular weight is 376 g/mol. The van der Waals surface area contributed by atoms with Crippen molar-refractivity contribution < 1.29 is 9.90 Å². The maximum atomic E-state index is 11.1. The van der Waals surface area contributed by atoms with Gasteiger partial charge in [0.05, 0.1) is 5.56 Å². The van der Waals surface area contributed by atoms with Crippen molar-refractivity contribution in [2.75, 3.05) is 6.54 Å². The Balaban J connectivity index is 2.04. The summed E-state index contributed by atoms with van der Waals surface area (Å²) in [5.74, 6) is -0.916. The molecule has 0 radical (unpaired) electrons. The van der Waals surface area contributed by atoms with Gasteiger partial charge in [0.1, 0.15) is 0 Å². The number of carboxylic acids is 1. The molecule has 0 saturated heterocycles. The molecule has 2 aromatic rings. The van der Waals surface area contributed by atoms with Crippen molar-refractivity contribution in [1.82, 2.24) is 5.32 Å². The highest BCUT2D eigenvalue weighted by Gasteiger charge is 2.29. The van der Waals surface area contributed by atoms with Gasteiger partial charge in [0.15, 0.2) is 0 Å². The van der Waals surface area contributed by atoms with E-state index in [0.29, 0.717) is 0 Å². The van der Waals surface area contributed by atoms with Gasteiger partial charge < -0.3 is 10.4 Å². The zero-order valence-electron chi connectivity index (χ0n) is 17.2. The molecule has 1 aliphatic carbocycles. The Morgan fingerprint density at radius 2 is 1.82 bits per heavy atom. The van der Waals surface area contributed by atoms with Crippen LogP contribution in [0.15, 0.2) is 49.1 Å². The number of nitrogens with one attached hydrogen (secondary N) is 1. The molecule has 2 N–H and O–H groups in total. The smallest absolute Gasteiger partial charge is 0.335 e. The minimum atomic E-state index is -0.916. The summed E-state index contributed by atoms with van der Waals surface area (Å²) >= 11 is 0. The van der Waals surface area contributed by atoms with Crippen LogP contribution >= 0.6 is 0 Å². The van der Waals surface area contributed by atoms with Gasteiger partial charge in [0.2, 0.25) is 0 Å². The van der Waals surface area contributed by atoms with Gasteiger partial charge in [-0.2, -0.15) is 0 Å². The first-order valence-corrected chi connectivity index (χ1v) is 9.87.